The van der Waals surface area contributed by atoms with Gasteiger partial charge in [-0.15, -0.1) is 5.10 Å². The summed E-state index contributed by atoms with van der Waals surface area (Å²) in [5, 5.41) is 9.47. The van der Waals surface area contributed by atoms with Crippen LogP contribution in [0.1, 0.15) is 19.3 Å². The van der Waals surface area contributed by atoms with Crippen LogP contribution in [0.25, 0.3) is 0 Å². The highest BCUT2D eigenvalue weighted by atomic mass is 19.3. The normalized spacial score (nSPS) is 9.62. The molecule has 0 radical (unpaired) electrons. The highest BCUT2D eigenvalue weighted by Gasteiger charge is 2.03. The van der Waals surface area contributed by atoms with Gasteiger partial charge in [-0.1, -0.05) is 0 Å². The number of amides is 1. The first-order valence-corrected chi connectivity index (χ1v) is 4.63. The summed E-state index contributed by atoms with van der Waals surface area (Å²) < 4.78 is 23.3. The molecule has 0 aromatic carbocycles. The number of rotatable bonds is 5. The molecular formula is C9H10F2N4O. The molecule has 86 valence electrons. The number of hydrogen-bond donors (Lipinski definition) is 1. The van der Waals surface area contributed by atoms with E-state index in [0.717, 1.165) is 6.08 Å². The molecule has 0 saturated carbocycles. The van der Waals surface area contributed by atoms with E-state index in [-0.39, 0.29) is 24.7 Å². The van der Waals surface area contributed by atoms with Crippen molar-refractivity contribution in [3.63, 3.8) is 0 Å². The molecule has 0 aliphatic rings. The first kappa shape index (κ1) is 12.2. The zero-order valence-corrected chi connectivity index (χ0v) is 8.36. The zero-order valence-electron chi connectivity index (χ0n) is 8.36. The second kappa shape index (κ2) is 6.54. The lowest BCUT2D eigenvalue weighted by atomic mass is 10.2. The summed E-state index contributed by atoms with van der Waals surface area (Å²) in [6, 6.07) is 0. The molecule has 0 bridgehead atoms. The molecule has 1 heterocycles. The standard InChI is InChI=1S/C9H10F2N4O/c10-7(11)3-1-2-4-8(16)14-9-12-5-6-13-15-9/h3,5-6H,1-2,4H2,(H,12,14,15,16). The fourth-order valence-electron chi connectivity index (χ4n) is 0.966. The number of nitrogens with one attached hydrogen (secondary N) is 1. The van der Waals surface area contributed by atoms with Gasteiger partial charge in [0.25, 0.3) is 6.08 Å². The van der Waals surface area contributed by atoms with Crippen molar-refractivity contribution >= 4 is 11.9 Å². The van der Waals surface area contributed by atoms with Crippen LogP contribution in [0.2, 0.25) is 0 Å². The number of nitrogens with zero attached hydrogens (tertiary/aromatic N) is 3. The van der Waals surface area contributed by atoms with Crippen molar-refractivity contribution in [2.24, 2.45) is 0 Å². The molecule has 1 amide bonds. The van der Waals surface area contributed by atoms with E-state index < -0.39 is 6.08 Å². The number of carbonyl (C=O) groups excluding carboxylic acids is 1. The summed E-state index contributed by atoms with van der Waals surface area (Å²) in [7, 11) is 0. The fraction of sp³-hybridized carbons (Fsp3) is 0.333. The van der Waals surface area contributed by atoms with Gasteiger partial charge in [-0.3, -0.25) is 10.1 Å². The van der Waals surface area contributed by atoms with Crippen molar-refractivity contribution < 1.29 is 13.6 Å². The van der Waals surface area contributed by atoms with Gasteiger partial charge in [0.05, 0.1) is 12.4 Å². The highest BCUT2D eigenvalue weighted by Crippen LogP contribution is 2.04. The number of hydrogen-bond acceptors (Lipinski definition) is 4. The van der Waals surface area contributed by atoms with E-state index in [4.69, 9.17) is 0 Å². The molecule has 1 aromatic heterocycles. The second-order valence-electron chi connectivity index (χ2n) is 2.90. The van der Waals surface area contributed by atoms with Gasteiger partial charge in [0.1, 0.15) is 0 Å². The van der Waals surface area contributed by atoms with Gasteiger partial charge in [0.2, 0.25) is 11.9 Å². The topological polar surface area (TPSA) is 67.8 Å². The average molecular weight is 228 g/mol. The van der Waals surface area contributed by atoms with E-state index in [0.29, 0.717) is 6.42 Å². The monoisotopic (exact) mass is 228 g/mol. The number of halogens is 2. The number of aromatic nitrogens is 3. The first-order chi connectivity index (χ1) is 7.68. The number of unbranched alkanes of at least 4 members (excludes halogenated alkanes) is 1. The molecule has 0 fully saturated rings. The van der Waals surface area contributed by atoms with E-state index in [9.17, 15) is 13.6 Å². The van der Waals surface area contributed by atoms with Crippen molar-refractivity contribution in [1.82, 2.24) is 15.2 Å². The number of carbonyl (C=O) groups is 1. The Hall–Kier alpha value is -1.92. The average Bonchev–Trinajstić information content (AvgIpc) is 2.25. The summed E-state index contributed by atoms with van der Waals surface area (Å²) >= 11 is 0. The first-order valence-electron chi connectivity index (χ1n) is 4.63. The van der Waals surface area contributed by atoms with Crippen LogP contribution in [0.3, 0.4) is 0 Å². The third kappa shape index (κ3) is 5.08. The third-order valence-electron chi connectivity index (χ3n) is 1.64. The van der Waals surface area contributed by atoms with Gasteiger partial charge in [-0.05, 0) is 18.9 Å². The second-order valence-corrected chi connectivity index (χ2v) is 2.90. The molecule has 0 saturated heterocycles. The predicted molar refractivity (Wildman–Crippen MR) is 52.6 cm³/mol. The number of allylic oxidation sites excluding steroid dienone is 1. The van der Waals surface area contributed by atoms with Crippen LogP contribution < -0.4 is 5.32 Å². The Labute approximate surface area is 90.6 Å². The van der Waals surface area contributed by atoms with Crippen molar-refractivity contribution in [2.75, 3.05) is 5.32 Å². The Morgan fingerprint density at radius 3 is 2.88 bits per heavy atom. The Kier molecular flexibility index (Phi) is 4.97. The van der Waals surface area contributed by atoms with E-state index in [1.807, 2.05) is 0 Å². The molecule has 0 aliphatic carbocycles. The molecule has 0 spiro atoms. The van der Waals surface area contributed by atoms with Crippen molar-refractivity contribution in [2.45, 2.75) is 19.3 Å². The van der Waals surface area contributed by atoms with E-state index in [1.54, 1.807) is 0 Å². The van der Waals surface area contributed by atoms with Crippen LogP contribution >= 0.6 is 0 Å². The largest absolute Gasteiger partial charge is 0.293 e. The lowest BCUT2D eigenvalue weighted by molar-refractivity contribution is -0.116. The van der Waals surface area contributed by atoms with Gasteiger partial charge >= 0.3 is 0 Å². The van der Waals surface area contributed by atoms with Gasteiger partial charge in [-0.2, -0.15) is 13.9 Å². The molecule has 1 aromatic rings. The minimum Gasteiger partial charge on any atom is -0.293 e. The SMILES string of the molecule is O=C(CCCC=C(F)F)Nc1nccnn1. The fourth-order valence-corrected chi connectivity index (χ4v) is 0.966. The molecule has 0 atom stereocenters. The predicted octanol–water partition coefficient (Wildman–Crippen LogP) is 1.76. The molecule has 1 rings (SSSR count). The molecule has 1 N–H and O–H groups in total. The lowest BCUT2D eigenvalue weighted by Gasteiger charge is -2.00. The van der Waals surface area contributed by atoms with E-state index >= 15 is 0 Å². The van der Waals surface area contributed by atoms with Gasteiger partial charge < -0.3 is 0 Å². The summed E-state index contributed by atoms with van der Waals surface area (Å²) in [5.41, 5.74) is 0. The van der Waals surface area contributed by atoms with Crippen LogP contribution in [0, 0.1) is 0 Å². The Bertz CT molecular complexity index is 365. The minimum atomic E-state index is -1.73. The maximum absolute atomic E-state index is 11.6. The summed E-state index contributed by atoms with van der Waals surface area (Å²) in [6.45, 7) is 0. The molecule has 0 unspecified atom stereocenters. The molecule has 0 aliphatic heterocycles. The van der Waals surface area contributed by atoms with Crippen molar-refractivity contribution in [3.05, 3.63) is 24.6 Å². The third-order valence-corrected chi connectivity index (χ3v) is 1.64. The maximum Gasteiger partial charge on any atom is 0.266 e. The molecular weight excluding hydrogens is 218 g/mol. The molecule has 7 heteroatoms. The lowest BCUT2D eigenvalue weighted by Crippen LogP contribution is -2.13. The number of anilines is 1. The quantitative estimate of drug-likeness (QED) is 0.780. The van der Waals surface area contributed by atoms with Gasteiger partial charge in [-0.25, -0.2) is 4.98 Å². The maximum atomic E-state index is 11.6. The Morgan fingerprint density at radius 2 is 2.25 bits per heavy atom. The van der Waals surface area contributed by atoms with Crippen LogP contribution in [0.4, 0.5) is 14.7 Å². The molecule has 5 nitrogen and oxygen atoms in total. The van der Waals surface area contributed by atoms with Crippen LogP contribution in [-0.2, 0) is 4.79 Å². The zero-order chi connectivity index (χ0) is 11.8. The minimum absolute atomic E-state index is 0.111. The van der Waals surface area contributed by atoms with Crippen molar-refractivity contribution in [1.29, 1.82) is 0 Å². The molecule has 16 heavy (non-hydrogen) atoms. The van der Waals surface area contributed by atoms with Gasteiger partial charge in [0.15, 0.2) is 0 Å². The Morgan fingerprint density at radius 1 is 1.44 bits per heavy atom. The smallest absolute Gasteiger partial charge is 0.266 e. The Balaban J connectivity index is 2.24. The summed E-state index contributed by atoms with van der Waals surface area (Å²) in [4.78, 5) is 15.0. The highest BCUT2D eigenvalue weighted by molar-refractivity contribution is 5.88. The van der Waals surface area contributed by atoms with Crippen LogP contribution in [0.5, 0.6) is 0 Å². The van der Waals surface area contributed by atoms with E-state index in [2.05, 4.69) is 20.5 Å². The van der Waals surface area contributed by atoms with Crippen LogP contribution in [-0.4, -0.2) is 21.1 Å². The van der Waals surface area contributed by atoms with E-state index in [1.165, 1.54) is 12.4 Å². The van der Waals surface area contributed by atoms with Crippen LogP contribution in [0.15, 0.2) is 24.6 Å². The summed E-state index contributed by atoms with van der Waals surface area (Å²) in [6.07, 6.45) is 2.49. The van der Waals surface area contributed by atoms with Gasteiger partial charge in [0, 0.05) is 6.42 Å². The summed E-state index contributed by atoms with van der Waals surface area (Å²) in [5.74, 6) is -0.208. The van der Waals surface area contributed by atoms with Crippen molar-refractivity contribution in [3.8, 4) is 0 Å².